The first-order chi connectivity index (χ1) is 19.7. The van der Waals surface area contributed by atoms with E-state index in [2.05, 4.69) is 14.9 Å². The van der Waals surface area contributed by atoms with Crippen molar-refractivity contribution < 1.29 is 32.2 Å². The number of piperazine rings is 1. The zero-order valence-corrected chi connectivity index (χ0v) is 22.5. The fourth-order valence-electron chi connectivity index (χ4n) is 5.32. The predicted octanol–water partition coefficient (Wildman–Crippen LogP) is 3.91. The molecule has 12 heteroatoms. The first kappa shape index (κ1) is 28.2. The third kappa shape index (κ3) is 6.06. The summed E-state index contributed by atoms with van der Waals surface area (Å²) < 4.78 is 52.7. The van der Waals surface area contributed by atoms with E-state index in [0.29, 0.717) is 50.5 Å². The molecule has 9 nitrogen and oxygen atoms in total. The molecule has 4 heterocycles. The molecule has 2 aliphatic rings. The average molecular weight is 570 g/mol. The molecule has 0 radical (unpaired) electrons. The van der Waals surface area contributed by atoms with Crippen LogP contribution >= 0.6 is 0 Å². The van der Waals surface area contributed by atoms with Crippen molar-refractivity contribution in [2.75, 3.05) is 51.3 Å². The number of rotatable bonds is 6. The number of anilines is 1. The van der Waals surface area contributed by atoms with Crippen LogP contribution in [0.4, 0.5) is 19.0 Å². The first-order valence-electron chi connectivity index (χ1n) is 13.3. The van der Waals surface area contributed by atoms with Gasteiger partial charge in [-0.15, -0.1) is 0 Å². The number of nitrogens with zero attached hydrogens (tertiary/aromatic N) is 5. The van der Waals surface area contributed by atoms with E-state index in [-0.39, 0.29) is 19.0 Å². The molecule has 0 bridgehead atoms. The fraction of sp³-hybridized carbons (Fsp3) is 0.379. The van der Waals surface area contributed by atoms with E-state index in [1.54, 1.807) is 35.4 Å². The summed E-state index contributed by atoms with van der Waals surface area (Å²) in [4.78, 5) is 40.8. The number of carbonyl (C=O) groups is 2. The second-order valence-electron chi connectivity index (χ2n) is 9.99. The van der Waals surface area contributed by atoms with Crippen molar-refractivity contribution >= 4 is 17.6 Å². The number of hydrogen-bond donors (Lipinski definition) is 0. The summed E-state index contributed by atoms with van der Waals surface area (Å²) in [6.45, 7) is 1.88. The third-order valence-corrected chi connectivity index (χ3v) is 7.40. The summed E-state index contributed by atoms with van der Waals surface area (Å²) in [7, 11) is 1.53. The molecule has 0 N–H and O–H groups in total. The Morgan fingerprint density at radius 1 is 0.902 bits per heavy atom. The molecule has 2 saturated heterocycles. The Morgan fingerprint density at radius 3 is 2.29 bits per heavy atom. The number of aromatic nitrogens is 2. The van der Waals surface area contributed by atoms with Gasteiger partial charge in [-0.1, -0.05) is 6.07 Å². The number of methoxy groups -OCH3 is 1. The van der Waals surface area contributed by atoms with E-state index in [9.17, 15) is 22.8 Å². The lowest BCUT2D eigenvalue weighted by atomic mass is 9.89. The standard InChI is InChI=1S/C29H30F3N5O4/c1-40-21-6-8-22(9-7-21)41-28(27(39)36-17-15-35(16-18-36)25-5-2-3-12-34-25)11-4-14-37(20-28)26(38)23-19-33-13-10-24(23)29(30,31)32/h2-3,5-10,12-13,19H,4,11,14-18,20H2,1H3. The van der Waals surface area contributed by atoms with E-state index >= 15 is 0 Å². The van der Waals surface area contributed by atoms with E-state index in [1.807, 2.05) is 18.2 Å². The third-order valence-electron chi connectivity index (χ3n) is 7.40. The number of amides is 2. The molecule has 2 fully saturated rings. The molecule has 1 atom stereocenters. The summed E-state index contributed by atoms with van der Waals surface area (Å²) in [6, 6.07) is 13.1. The molecule has 0 aliphatic carbocycles. The van der Waals surface area contributed by atoms with Crippen LogP contribution < -0.4 is 14.4 Å². The molecular weight excluding hydrogens is 539 g/mol. The highest BCUT2D eigenvalue weighted by atomic mass is 19.4. The van der Waals surface area contributed by atoms with Crippen molar-refractivity contribution in [3.05, 3.63) is 78.2 Å². The van der Waals surface area contributed by atoms with Crippen LogP contribution in [0, 0.1) is 0 Å². The van der Waals surface area contributed by atoms with Gasteiger partial charge < -0.3 is 24.2 Å². The number of hydrogen-bond acceptors (Lipinski definition) is 7. The number of piperidine rings is 1. The molecule has 1 aromatic carbocycles. The Balaban J connectivity index is 1.41. The number of carbonyl (C=O) groups excluding carboxylic acids is 2. The minimum atomic E-state index is -4.73. The smallest absolute Gasteiger partial charge is 0.417 e. The van der Waals surface area contributed by atoms with Crippen LogP contribution in [-0.4, -0.2) is 83.6 Å². The van der Waals surface area contributed by atoms with Gasteiger partial charge >= 0.3 is 6.18 Å². The van der Waals surface area contributed by atoms with Gasteiger partial charge in [0.05, 0.1) is 24.8 Å². The van der Waals surface area contributed by atoms with Crippen LogP contribution in [0.25, 0.3) is 0 Å². The van der Waals surface area contributed by atoms with E-state index in [4.69, 9.17) is 9.47 Å². The van der Waals surface area contributed by atoms with E-state index in [1.165, 1.54) is 12.0 Å². The molecule has 0 saturated carbocycles. The van der Waals surface area contributed by atoms with Crippen molar-refractivity contribution in [1.82, 2.24) is 19.8 Å². The lowest BCUT2D eigenvalue weighted by Gasteiger charge is -2.45. The van der Waals surface area contributed by atoms with E-state index in [0.717, 1.165) is 24.3 Å². The normalized spacial score (nSPS) is 19.6. The number of likely N-dealkylation sites (tertiary alicyclic amines) is 1. The number of halogens is 3. The summed E-state index contributed by atoms with van der Waals surface area (Å²) in [6.07, 6.45) is -0.440. The predicted molar refractivity (Wildman–Crippen MR) is 144 cm³/mol. The summed E-state index contributed by atoms with van der Waals surface area (Å²) in [5, 5.41) is 0. The molecule has 0 spiro atoms. The molecule has 216 valence electrons. The van der Waals surface area contributed by atoms with Gasteiger partial charge in [0.15, 0.2) is 0 Å². The Morgan fingerprint density at radius 2 is 1.63 bits per heavy atom. The number of ether oxygens (including phenoxy) is 2. The van der Waals surface area contributed by atoms with Gasteiger partial charge in [-0.3, -0.25) is 14.6 Å². The van der Waals surface area contributed by atoms with Crippen molar-refractivity contribution in [2.45, 2.75) is 24.6 Å². The zero-order valence-electron chi connectivity index (χ0n) is 22.5. The summed E-state index contributed by atoms with van der Waals surface area (Å²) in [5.74, 6) is 0.641. The second kappa shape index (κ2) is 11.6. The molecule has 5 rings (SSSR count). The van der Waals surface area contributed by atoms with Gasteiger partial charge in [0, 0.05) is 51.3 Å². The van der Waals surface area contributed by atoms with Crippen LogP contribution in [0.2, 0.25) is 0 Å². The Labute approximate surface area is 235 Å². The Bertz CT molecular complexity index is 1360. The molecule has 2 aromatic heterocycles. The summed E-state index contributed by atoms with van der Waals surface area (Å²) >= 11 is 0. The van der Waals surface area contributed by atoms with Gasteiger partial charge in [-0.05, 0) is 55.3 Å². The second-order valence-corrected chi connectivity index (χ2v) is 9.99. The molecule has 41 heavy (non-hydrogen) atoms. The number of pyridine rings is 2. The van der Waals surface area contributed by atoms with Gasteiger partial charge in [0.2, 0.25) is 5.60 Å². The van der Waals surface area contributed by atoms with Crippen molar-refractivity contribution in [3.63, 3.8) is 0 Å². The van der Waals surface area contributed by atoms with E-state index < -0.39 is 28.8 Å². The minimum Gasteiger partial charge on any atom is -0.497 e. The van der Waals surface area contributed by atoms with Gasteiger partial charge in [-0.25, -0.2) is 4.98 Å². The van der Waals surface area contributed by atoms with Gasteiger partial charge in [0.1, 0.15) is 17.3 Å². The highest BCUT2D eigenvalue weighted by Gasteiger charge is 2.49. The molecule has 2 amide bonds. The minimum absolute atomic E-state index is 0.180. The fourth-order valence-corrected chi connectivity index (χ4v) is 5.32. The number of benzene rings is 1. The monoisotopic (exact) mass is 569 g/mol. The topological polar surface area (TPSA) is 88.1 Å². The SMILES string of the molecule is COc1ccc(OC2(C(=O)N3CCN(c4ccccn4)CC3)CCCN(C(=O)c3cnccc3C(F)(F)F)C2)cc1. The summed E-state index contributed by atoms with van der Waals surface area (Å²) in [5.41, 5.74) is -3.12. The van der Waals surface area contributed by atoms with Gasteiger partial charge in [-0.2, -0.15) is 13.2 Å². The van der Waals surface area contributed by atoms with Crippen LogP contribution in [0.3, 0.4) is 0 Å². The Kier molecular flexibility index (Phi) is 8.00. The lowest BCUT2D eigenvalue weighted by Crippen LogP contribution is -2.64. The molecule has 3 aromatic rings. The van der Waals surface area contributed by atoms with Crippen LogP contribution in [-0.2, 0) is 11.0 Å². The zero-order chi connectivity index (χ0) is 29.0. The molecule has 2 aliphatic heterocycles. The quantitative estimate of drug-likeness (QED) is 0.445. The van der Waals surface area contributed by atoms with Crippen LogP contribution in [0.1, 0.15) is 28.8 Å². The molecular formula is C29H30F3N5O4. The number of alkyl halides is 3. The molecule has 1 unspecified atom stereocenters. The van der Waals surface area contributed by atoms with Crippen LogP contribution in [0.15, 0.2) is 67.1 Å². The lowest BCUT2D eigenvalue weighted by molar-refractivity contribution is -0.153. The van der Waals surface area contributed by atoms with Crippen molar-refractivity contribution in [2.24, 2.45) is 0 Å². The average Bonchev–Trinajstić information content (AvgIpc) is 3.01. The van der Waals surface area contributed by atoms with Crippen molar-refractivity contribution in [1.29, 1.82) is 0 Å². The maximum Gasteiger partial charge on any atom is 0.417 e. The van der Waals surface area contributed by atoms with Crippen LogP contribution in [0.5, 0.6) is 11.5 Å². The first-order valence-corrected chi connectivity index (χ1v) is 13.3. The highest BCUT2D eigenvalue weighted by molar-refractivity contribution is 5.96. The van der Waals surface area contributed by atoms with Crippen molar-refractivity contribution in [3.8, 4) is 11.5 Å². The highest BCUT2D eigenvalue weighted by Crippen LogP contribution is 2.35. The maximum atomic E-state index is 14.2. The van der Waals surface area contributed by atoms with Gasteiger partial charge in [0.25, 0.3) is 11.8 Å². The Hall–Kier alpha value is -4.35. The maximum absolute atomic E-state index is 14.2. The largest absolute Gasteiger partial charge is 0.497 e.